The lowest BCUT2D eigenvalue weighted by molar-refractivity contribution is -0.384. The molecule has 0 radical (unpaired) electrons. The molecule has 0 atom stereocenters. The number of hydrogen-bond acceptors (Lipinski definition) is 2. The number of para-hydroxylation sites is 1. The summed E-state index contributed by atoms with van der Waals surface area (Å²) in [6.45, 7) is 0. The normalized spacial score (nSPS) is 7.82. The first-order valence-corrected chi connectivity index (χ1v) is 4.46. The van der Waals surface area contributed by atoms with E-state index < -0.39 is 4.92 Å². The maximum atomic E-state index is 10.0. The molecule has 0 saturated heterocycles. The van der Waals surface area contributed by atoms with Crippen molar-refractivity contribution < 1.29 is 4.92 Å². The molecule has 0 spiro atoms. The number of alkyl halides is 1. The average molecular weight is 218 g/mol. The van der Waals surface area contributed by atoms with Crippen LogP contribution in [0, 0.1) is 10.1 Å². The highest BCUT2D eigenvalue weighted by Crippen LogP contribution is 2.06. The van der Waals surface area contributed by atoms with Gasteiger partial charge in [0.25, 0.3) is 5.69 Å². The van der Waals surface area contributed by atoms with Crippen LogP contribution in [0.5, 0.6) is 0 Å². The summed E-state index contributed by atoms with van der Waals surface area (Å²) in [5.41, 5.74) is 0.137. The van der Waals surface area contributed by atoms with E-state index in [4.69, 9.17) is 0 Å². The Hall–Kier alpha value is -0.900. The minimum atomic E-state index is -0.417. The van der Waals surface area contributed by atoms with E-state index in [0.29, 0.717) is 0 Å². The van der Waals surface area contributed by atoms with Crippen LogP contribution in [0.3, 0.4) is 0 Å². The van der Waals surface area contributed by atoms with Crippen molar-refractivity contribution in [1.82, 2.24) is 0 Å². The lowest BCUT2D eigenvalue weighted by Gasteiger charge is -1.85. The largest absolute Gasteiger partial charge is 0.269 e. The molecule has 0 amide bonds. The smallest absolute Gasteiger partial charge is 0.258 e. The summed E-state index contributed by atoms with van der Waals surface area (Å²) in [4.78, 5) is 9.59. The third-order valence-corrected chi connectivity index (χ3v) is 0.967. The van der Waals surface area contributed by atoms with Gasteiger partial charge in [0, 0.05) is 12.1 Å². The zero-order chi connectivity index (χ0) is 8.69. The van der Waals surface area contributed by atoms with E-state index in [1.165, 1.54) is 12.1 Å². The average Bonchev–Trinajstić information content (AvgIpc) is 2.10. The van der Waals surface area contributed by atoms with Gasteiger partial charge in [0.15, 0.2) is 0 Å². The molecule has 0 fully saturated rings. The van der Waals surface area contributed by atoms with Crippen LogP contribution >= 0.6 is 15.9 Å². The van der Waals surface area contributed by atoms with Crippen LogP contribution in [0.4, 0.5) is 5.69 Å². The van der Waals surface area contributed by atoms with Gasteiger partial charge in [-0.2, -0.15) is 0 Å². The van der Waals surface area contributed by atoms with Gasteiger partial charge in [-0.25, -0.2) is 0 Å². The van der Waals surface area contributed by atoms with Crippen LogP contribution in [0.15, 0.2) is 30.3 Å². The van der Waals surface area contributed by atoms with Gasteiger partial charge in [0.2, 0.25) is 0 Å². The highest BCUT2D eigenvalue weighted by atomic mass is 79.9. The predicted octanol–water partition coefficient (Wildman–Crippen LogP) is 2.61. The second-order valence-corrected chi connectivity index (χ2v) is 1.59. The molecule has 0 heterocycles. The van der Waals surface area contributed by atoms with E-state index >= 15 is 0 Å². The number of hydrogen-bond donors (Lipinski definition) is 0. The SMILES string of the molecule is CBr.O=[N+]([O-])c1ccccc1. The first-order chi connectivity index (χ1) is 5.30. The molecule has 0 saturated carbocycles. The Balaban J connectivity index is 0.000000461. The minimum absolute atomic E-state index is 0.137. The quantitative estimate of drug-likeness (QED) is 0.413. The maximum Gasteiger partial charge on any atom is 0.269 e. The van der Waals surface area contributed by atoms with E-state index in [2.05, 4.69) is 15.9 Å². The molecular weight excluding hydrogens is 210 g/mol. The number of nitro benzene ring substituents is 1. The Morgan fingerprint density at radius 3 is 2.00 bits per heavy atom. The summed E-state index contributed by atoms with van der Waals surface area (Å²) in [7, 11) is 0. The van der Waals surface area contributed by atoms with Crippen LogP contribution in [0.1, 0.15) is 0 Å². The van der Waals surface area contributed by atoms with Crippen molar-refractivity contribution in [1.29, 1.82) is 0 Å². The Bertz CT molecular complexity index is 213. The van der Waals surface area contributed by atoms with Gasteiger partial charge in [-0.1, -0.05) is 34.1 Å². The highest BCUT2D eigenvalue weighted by Gasteiger charge is 1.98. The van der Waals surface area contributed by atoms with Crippen molar-refractivity contribution >= 4 is 21.6 Å². The Labute approximate surface area is 73.3 Å². The molecule has 4 heteroatoms. The fourth-order valence-corrected chi connectivity index (χ4v) is 0.550. The molecule has 60 valence electrons. The molecule has 0 N–H and O–H groups in total. The van der Waals surface area contributed by atoms with Gasteiger partial charge in [-0.15, -0.1) is 0 Å². The van der Waals surface area contributed by atoms with Crippen LogP contribution in [-0.2, 0) is 0 Å². The number of rotatable bonds is 1. The standard InChI is InChI=1S/C6H5NO2.CH3Br/c8-7(9)6-4-2-1-3-5-6;1-2/h1-5H;1H3. The number of benzene rings is 1. The first kappa shape index (κ1) is 10.1. The number of non-ortho nitro benzene ring substituents is 1. The summed E-state index contributed by atoms with van der Waals surface area (Å²) in [5, 5.41) is 10.0. The third-order valence-electron chi connectivity index (χ3n) is 0.967. The van der Waals surface area contributed by atoms with Crippen LogP contribution < -0.4 is 0 Å². The van der Waals surface area contributed by atoms with Crippen molar-refractivity contribution in [3.05, 3.63) is 40.4 Å². The van der Waals surface area contributed by atoms with Gasteiger partial charge in [-0.3, -0.25) is 10.1 Å². The number of halogens is 1. The molecule has 0 aromatic heterocycles. The highest BCUT2D eigenvalue weighted by molar-refractivity contribution is 9.08. The predicted molar refractivity (Wildman–Crippen MR) is 47.9 cm³/mol. The molecule has 3 nitrogen and oxygen atoms in total. The van der Waals surface area contributed by atoms with Crippen LogP contribution in [0.25, 0.3) is 0 Å². The molecule has 1 rings (SSSR count). The summed E-state index contributed by atoms with van der Waals surface area (Å²) >= 11 is 2.94. The molecule has 0 aliphatic rings. The minimum Gasteiger partial charge on any atom is -0.258 e. The lowest BCUT2D eigenvalue weighted by atomic mass is 10.3. The van der Waals surface area contributed by atoms with Crippen molar-refractivity contribution in [2.45, 2.75) is 0 Å². The van der Waals surface area contributed by atoms with E-state index in [9.17, 15) is 10.1 Å². The van der Waals surface area contributed by atoms with E-state index in [-0.39, 0.29) is 5.69 Å². The van der Waals surface area contributed by atoms with Gasteiger partial charge < -0.3 is 0 Å². The third kappa shape index (κ3) is 3.72. The molecule has 0 unspecified atom stereocenters. The molecule has 1 aromatic rings. The number of nitrogens with zero attached hydrogens (tertiary/aromatic N) is 1. The topological polar surface area (TPSA) is 43.1 Å². The van der Waals surface area contributed by atoms with Crippen LogP contribution in [-0.4, -0.2) is 10.8 Å². The van der Waals surface area contributed by atoms with E-state index in [0.717, 1.165) is 0 Å². The summed E-state index contributed by atoms with van der Waals surface area (Å²) in [6.07, 6.45) is 0. The van der Waals surface area contributed by atoms with E-state index in [1.807, 2.05) is 5.83 Å². The van der Waals surface area contributed by atoms with Crippen molar-refractivity contribution in [2.24, 2.45) is 0 Å². The fraction of sp³-hybridized carbons (Fsp3) is 0.143. The van der Waals surface area contributed by atoms with Crippen molar-refractivity contribution in [2.75, 3.05) is 5.83 Å². The van der Waals surface area contributed by atoms with Crippen molar-refractivity contribution in [3.8, 4) is 0 Å². The first-order valence-electron chi connectivity index (χ1n) is 2.88. The van der Waals surface area contributed by atoms with Crippen molar-refractivity contribution in [3.63, 3.8) is 0 Å². The Morgan fingerprint density at radius 1 is 1.27 bits per heavy atom. The number of nitro groups is 1. The summed E-state index contributed by atoms with van der Waals surface area (Å²) < 4.78 is 0. The van der Waals surface area contributed by atoms with Gasteiger partial charge >= 0.3 is 0 Å². The maximum absolute atomic E-state index is 10.0. The van der Waals surface area contributed by atoms with E-state index in [1.54, 1.807) is 18.2 Å². The zero-order valence-electron chi connectivity index (χ0n) is 6.03. The lowest BCUT2D eigenvalue weighted by Crippen LogP contribution is -1.84. The Kier molecular flexibility index (Phi) is 5.37. The molecule has 1 aromatic carbocycles. The summed E-state index contributed by atoms with van der Waals surface area (Å²) in [5.74, 6) is 1.81. The second-order valence-electron chi connectivity index (χ2n) is 1.59. The summed E-state index contributed by atoms with van der Waals surface area (Å²) in [6, 6.07) is 7.93. The molecule has 0 bridgehead atoms. The molecular formula is C7H8BrNO2. The second kappa shape index (κ2) is 5.85. The Morgan fingerprint density at radius 2 is 1.73 bits per heavy atom. The van der Waals surface area contributed by atoms with Gasteiger partial charge in [-0.05, 0) is 5.83 Å². The molecule has 0 aliphatic heterocycles. The molecule has 0 aliphatic carbocycles. The van der Waals surface area contributed by atoms with Gasteiger partial charge in [0.1, 0.15) is 0 Å². The van der Waals surface area contributed by atoms with Crippen LogP contribution in [0.2, 0.25) is 0 Å². The monoisotopic (exact) mass is 217 g/mol. The zero-order valence-corrected chi connectivity index (χ0v) is 7.61. The fourth-order valence-electron chi connectivity index (χ4n) is 0.550. The molecule has 11 heavy (non-hydrogen) atoms. The van der Waals surface area contributed by atoms with Gasteiger partial charge in [0.05, 0.1) is 4.92 Å².